The first kappa shape index (κ1) is 10.9. The Morgan fingerprint density at radius 3 is 2.89 bits per heavy atom. The fourth-order valence-electron chi connectivity index (χ4n) is 1.82. The molecule has 0 bridgehead atoms. The molecule has 88 valence electrons. The molecule has 4 heteroatoms. The van der Waals surface area contributed by atoms with Crippen LogP contribution in [-0.2, 0) is 0 Å². The van der Waals surface area contributed by atoms with Gasteiger partial charge >= 0.3 is 0 Å². The molecule has 0 atom stereocenters. The SMILES string of the molecule is Oc1ccc2ccccc2c1C=Nc1nccs1. The van der Waals surface area contributed by atoms with Crippen molar-refractivity contribution >= 4 is 33.5 Å². The summed E-state index contributed by atoms with van der Waals surface area (Å²) in [4.78, 5) is 8.35. The van der Waals surface area contributed by atoms with Crippen molar-refractivity contribution in [2.75, 3.05) is 0 Å². The molecule has 1 aromatic heterocycles. The number of rotatable bonds is 2. The van der Waals surface area contributed by atoms with Crippen molar-refractivity contribution in [3.63, 3.8) is 0 Å². The molecule has 0 unspecified atom stereocenters. The van der Waals surface area contributed by atoms with Crippen LogP contribution >= 0.6 is 11.3 Å². The van der Waals surface area contributed by atoms with Gasteiger partial charge in [-0.3, -0.25) is 0 Å². The lowest BCUT2D eigenvalue weighted by molar-refractivity contribution is 0.475. The average molecular weight is 254 g/mol. The number of nitrogens with zero attached hydrogens (tertiary/aromatic N) is 2. The van der Waals surface area contributed by atoms with Crippen LogP contribution in [0.4, 0.5) is 5.13 Å². The van der Waals surface area contributed by atoms with Crippen LogP contribution in [0.3, 0.4) is 0 Å². The highest BCUT2D eigenvalue weighted by molar-refractivity contribution is 7.13. The van der Waals surface area contributed by atoms with Gasteiger partial charge in [0.2, 0.25) is 5.13 Å². The Labute approximate surface area is 108 Å². The monoisotopic (exact) mass is 254 g/mol. The summed E-state index contributed by atoms with van der Waals surface area (Å²) in [5.74, 6) is 0.231. The van der Waals surface area contributed by atoms with Crippen LogP contribution < -0.4 is 0 Å². The smallest absolute Gasteiger partial charge is 0.209 e. The summed E-state index contributed by atoms with van der Waals surface area (Å²) in [6, 6.07) is 11.5. The van der Waals surface area contributed by atoms with Crippen LogP contribution in [0, 0.1) is 0 Å². The fourth-order valence-corrected chi connectivity index (χ4v) is 2.30. The Balaban J connectivity index is 2.13. The maximum atomic E-state index is 9.93. The van der Waals surface area contributed by atoms with Gasteiger partial charge in [0.1, 0.15) is 5.75 Å². The minimum absolute atomic E-state index is 0.231. The zero-order chi connectivity index (χ0) is 12.4. The van der Waals surface area contributed by atoms with Gasteiger partial charge in [0.05, 0.1) is 0 Å². The Kier molecular flexibility index (Phi) is 2.78. The van der Waals surface area contributed by atoms with Crippen LogP contribution in [0.25, 0.3) is 10.8 Å². The van der Waals surface area contributed by atoms with E-state index in [1.165, 1.54) is 11.3 Å². The van der Waals surface area contributed by atoms with Gasteiger partial charge in [-0.2, -0.15) is 0 Å². The quantitative estimate of drug-likeness (QED) is 0.708. The third-order valence-electron chi connectivity index (χ3n) is 2.67. The first-order valence-electron chi connectivity index (χ1n) is 5.49. The lowest BCUT2D eigenvalue weighted by atomic mass is 10.0. The second-order valence-corrected chi connectivity index (χ2v) is 4.67. The summed E-state index contributed by atoms with van der Waals surface area (Å²) in [5.41, 5.74) is 0.725. The third-order valence-corrected chi connectivity index (χ3v) is 3.35. The summed E-state index contributed by atoms with van der Waals surface area (Å²) in [5, 5.41) is 14.5. The van der Waals surface area contributed by atoms with Crippen molar-refractivity contribution in [1.29, 1.82) is 0 Å². The molecule has 1 heterocycles. The van der Waals surface area contributed by atoms with Gasteiger partial charge < -0.3 is 5.11 Å². The van der Waals surface area contributed by atoms with Gasteiger partial charge in [0.25, 0.3) is 0 Å². The van der Waals surface area contributed by atoms with Gasteiger partial charge in [-0.15, -0.1) is 11.3 Å². The molecule has 0 amide bonds. The maximum Gasteiger partial charge on any atom is 0.209 e. The van der Waals surface area contributed by atoms with Crippen molar-refractivity contribution in [1.82, 2.24) is 4.98 Å². The van der Waals surface area contributed by atoms with Gasteiger partial charge in [-0.05, 0) is 16.8 Å². The molecule has 0 radical (unpaired) electrons. The molecule has 3 rings (SSSR count). The number of benzene rings is 2. The first-order valence-corrected chi connectivity index (χ1v) is 6.37. The van der Waals surface area contributed by atoms with E-state index in [1.54, 1.807) is 18.5 Å². The molecule has 3 aromatic rings. The lowest BCUT2D eigenvalue weighted by Crippen LogP contribution is -1.85. The van der Waals surface area contributed by atoms with E-state index in [-0.39, 0.29) is 5.75 Å². The van der Waals surface area contributed by atoms with E-state index in [1.807, 2.05) is 35.7 Å². The standard InChI is InChI=1S/C14H10N2OS/c17-13-6-5-10-3-1-2-4-11(10)12(13)9-16-14-15-7-8-18-14/h1-9,17H. The predicted molar refractivity (Wildman–Crippen MR) is 75.0 cm³/mol. The van der Waals surface area contributed by atoms with Crippen LogP contribution in [0.5, 0.6) is 5.75 Å². The molecule has 0 aliphatic heterocycles. The number of phenolic OH excluding ortho intramolecular Hbond substituents is 1. The highest BCUT2D eigenvalue weighted by Crippen LogP contribution is 2.26. The minimum Gasteiger partial charge on any atom is -0.507 e. The topological polar surface area (TPSA) is 45.5 Å². The van der Waals surface area contributed by atoms with E-state index in [4.69, 9.17) is 0 Å². The summed E-state index contributed by atoms with van der Waals surface area (Å²) < 4.78 is 0. The molecular formula is C14H10N2OS. The minimum atomic E-state index is 0.231. The highest BCUT2D eigenvalue weighted by atomic mass is 32.1. The molecule has 0 saturated carbocycles. The van der Waals surface area contributed by atoms with E-state index in [9.17, 15) is 5.11 Å². The van der Waals surface area contributed by atoms with Gasteiger partial charge in [0.15, 0.2) is 0 Å². The number of hydrogen-bond donors (Lipinski definition) is 1. The Bertz CT molecular complexity index is 705. The number of thiazole rings is 1. The second kappa shape index (κ2) is 4.58. The van der Waals surface area contributed by atoms with Crippen LogP contribution in [-0.4, -0.2) is 16.3 Å². The van der Waals surface area contributed by atoms with Crippen molar-refractivity contribution in [3.8, 4) is 5.75 Å². The van der Waals surface area contributed by atoms with Gasteiger partial charge in [-0.25, -0.2) is 9.98 Å². The number of aliphatic imine (C=N–C) groups is 1. The number of hydrogen-bond acceptors (Lipinski definition) is 4. The Morgan fingerprint density at radius 1 is 1.17 bits per heavy atom. The summed E-state index contributed by atoms with van der Waals surface area (Å²) in [7, 11) is 0. The van der Waals surface area contributed by atoms with E-state index >= 15 is 0 Å². The van der Waals surface area contributed by atoms with Crippen LogP contribution in [0.2, 0.25) is 0 Å². The molecular weight excluding hydrogens is 244 g/mol. The van der Waals surface area contributed by atoms with Crippen molar-refractivity contribution in [2.24, 2.45) is 4.99 Å². The van der Waals surface area contributed by atoms with E-state index in [0.717, 1.165) is 16.3 Å². The zero-order valence-electron chi connectivity index (χ0n) is 9.45. The first-order chi connectivity index (χ1) is 8.84. The molecule has 0 spiro atoms. The predicted octanol–water partition coefficient (Wildman–Crippen LogP) is 3.75. The van der Waals surface area contributed by atoms with Crippen molar-refractivity contribution in [3.05, 3.63) is 53.5 Å². The molecule has 3 nitrogen and oxygen atoms in total. The number of phenols is 1. The highest BCUT2D eigenvalue weighted by Gasteiger charge is 2.04. The Morgan fingerprint density at radius 2 is 2.06 bits per heavy atom. The second-order valence-electron chi connectivity index (χ2n) is 3.79. The molecule has 2 aromatic carbocycles. The normalized spacial score (nSPS) is 11.3. The van der Waals surface area contributed by atoms with Crippen molar-refractivity contribution < 1.29 is 5.11 Å². The number of fused-ring (bicyclic) bond motifs is 1. The summed E-state index contributed by atoms with van der Waals surface area (Å²) >= 11 is 1.46. The molecule has 0 saturated heterocycles. The summed E-state index contributed by atoms with van der Waals surface area (Å²) in [6.07, 6.45) is 3.37. The average Bonchev–Trinajstić information content (AvgIpc) is 2.91. The molecule has 0 aliphatic rings. The zero-order valence-corrected chi connectivity index (χ0v) is 10.3. The van der Waals surface area contributed by atoms with Gasteiger partial charge in [0, 0.05) is 23.4 Å². The Hall–Kier alpha value is -2.20. The largest absolute Gasteiger partial charge is 0.507 e. The lowest BCUT2D eigenvalue weighted by Gasteiger charge is -2.03. The maximum absolute atomic E-state index is 9.93. The van der Waals surface area contributed by atoms with Crippen LogP contribution in [0.15, 0.2) is 53.0 Å². The fraction of sp³-hybridized carbons (Fsp3) is 0. The molecule has 0 aliphatic carbocycles. The van der Waals surface area contributed by atoms with E-state index in [2.05, 4.69) is 9.98 Å². The summed E-state index contributed by atoms with van der Waals surface area (Å²) in [6.45, 7) is 0. The molecule has 0 fully saturated rings. The molecule has 1 N–H and O–H groups in total. The van der Waals surface area contributed by atoms with Crippen molar-refractivity contribution in [2.45, 2.75) is 0 Å². The number of aromatic hydroxyl groups is 1. The van der Waals surface area contributed by atoms with Crippen LogP contribution in [0.1, 0.15) is 5.56 Å². The third kappa shape index (κ3) is 1.98. The van der Waals surface area contributed by atoms with E-state index in [0.29, 0.717) is 5.13 Å². The number of aromatic nitrogens is 1. The van der Waals surface area contributed by atoms with E-state index < -0.39 is 0 Å². The molecule has 18 heavy (non-hydrogen) atoms. The van der Waals surface area contributed by atoms with Gasteiger partial charge in [-0.1, -0.05) is 30.3 Å².